The third-order valence-corrected chi connectivity index (χ3v) is 2.48. The topological polar surface area (TPSA) is 65.2 Å². The van der Waals surface area contributed by atoms with Crippen LogP contribution in [0.4, 0.5) is 5.69 Å². The Labute approximate surface area is 99.1 Å². The molecular weight excluding hydrogens is 216 g/mol. The summed E-state index contributed by atoms with van der Waals surface area (Å²) in [5, 5.41) is 0. The molecule has 2 N–H and O–H groups in total. The molecule has 4 heteroatoms. The number of esters is 1. The Morgan fingerprint density at radius 3 is 2.59 bits per heavy atom. The van der Waals surface area contributed by atoms with E-state index in [9.17, 15) is 4.79 Å². The highest BCUT2D eigenvalue weighted by Crippen LogP contribution is 2.27. The van der Waals surface area contributed by atoms with Crippen LogP contribution in [0.3, 0.4) is 0 Å². The molecule has 0 saturated carbocycles. The number of pyridine rings is 1. The van der Waals surface area contributed by atoms with Gasteiger partial charge in [0, 0.05) is 18.0 Å². The molecule has 0 fully saturated rings. The second-order valence-electron chi connectivity index (χ2n) is 3.51. The fourth-order valence-electron chi connectivity index (χ4n) is 1.59. The van der Waals surface area contributed by atoms with Crippen LogP contribution >= 0.6 is 0 Å². The Hall–Kier alpha value is -2.36. The number of nitrogens with zero attached hydrogens (tertiary/aromatic N) is 1. The molecule has 0 unspecified atom stereocenters. The second kappa shape index (κ2) is 4.65. The first-order chi connectivity index (χ1) is 8.24. The average Bonchev–Trinajstić information content (AvgIpc) is 2.39. The van der Waals surface area contributed by atoms with Gasteiger partial charge < -0.3 is 10.5 Å². The lowest BCUT2D eigenvalue weighted by molar-refractivity contribution is 0.0601. The predicted molar refractivity (Wildman–Crippen MR) is 65.4 cm³/mol. The number of carbonyl (C=O) groups is 1. The Morgan fingerprint density at radius 1 is 1.24 bits per heavy atom. The van der Waals surface area contributed by atoms with Crippen LogP contribution in [0, 0.1) is 0 Å². The van der Waals surface area contributed by atoms with Gasteiger partial charge >= 0.3 is 5.97 Å². The first-order valence-corrected chi connectivity index (χ1v) is 5.11. The number of ether oxygens (including phenoxy) is 1. The minimum atomic E-state index is -0.479. The van der Waals surface area contributed by atoms with Crippen LogP contribution in [0.2, 0.25) is 0 Å². The van der Waals surface area contributed by atoms with E-state index in [1.165, 1.54) is 13.3 Å². The summed E-state index contributed by atoms with van der Waals surface area (Å²) in [4.78, 5) is 15.5. The molecule has 0 atom stereocenters. The van der Waals surface area contributed by atoms with Gasteiger partial charge in [0.2, 0.25) is 0 Å². The maximum Gasteiger partial charge on any atom is 0.341 e. The van der Waals surface area contributed by atoms with Crippen LogP contribution in [0.25, 0.3) is 11.1 Å². The maximum atomic E-state index is 11.5. The SMILES string of the molecule is COC(=O)c1cncc(-c2ccccc2)c1N. The molecule has 1 aromatic heterocycles. The number of nitrogen functional groups attached to an aromatic ring is 1. The van der Waals surface area contributed by atoms with E-state index >= 15 is 0 Å². The molecule has 2 rings (SSSR count). The van der Waals surface area contributed by atoms with Crippen LogP contribution in [-0.4, -0.2) is 18.1 Å². The van der Waals surface area contributed by atoms with Crippen LogP contribution < -0.4 is 5.73 Å². The maximum absolute atomic E-state index is 11.5. The Bertz CT molecular complexity index is 538. The van der Waals surface area contributed by atoms with Crippen molar-refractivity contribution < 1.29 is 9.53 Å². The van der Waals surface area contributed by atoms with Crippen LogP contribution in [0.5, 0.6) is 0 Å². The zero-order chi connectivity index (χ0) is 12.3. The van der Waals surface area contributed by atoms with Crippen molar-refractivity contribution in [3.8, 4) is 11.1 Å². The lowest BCUT2D eigenvalue weighted by atomic mass is 10.0. The van der Waals surface area contributed by atoms with Crippen molar-refractivity contribution in [1.29, 1.82) is 0 Å². The molecule has 17 heavy (non-hydrogen) atoms. The molecule has 0 amide bonds. The molecule has 0 saturated heterocycles. The number of rotatable bonds is 2. The highest BCUT2D eigenvalue weighted by atomic mass is 16.5. The molecule has 86 valence electrons. The standard InChI is InChI=1S/C13H12N2O2/c1-17-13(16)11-8-15-7-10(12(11)14)9-5-3-2-4-6-9/h2-8H,1H3,(H2,14,15). The van der Waals surface area contributed by atoms with Gasteiger partial charge in [0.1, 0.15) is 5.56 Å². The molecular formula is C13H12N2O2. The monoisotopic (exact) mass is 228 g/mol. The molecule has 0 spiro atoms. The first kappa shape index (κ1) is 11.1. The number of hydrogen-bond acceptors (Lipinski definition) is 4. The molecule has 2 aromatic rings. The van der Waals surface area contributed by atoms with Gasteiger partial charge in [0.05, 0.1) is 12.8 Å². The highest BCUT2D eigenvalue weighted by Gasteiger charge is 2.14. The summed E-state index contributed by atoms with van der Waals surface area (Å²) in [6.45, 7) is 0. The number of nitrogens with two attached hydrogens (primary N) is 1. The summed E-state index contributed by atoms with van der Waals surface area (Å²) in [7, 11) is 1.32. The van der Waals surface area contributed by atoms with Crippen molar-refractivity contribution in [1.82, 2.24) is 4.98 Å². The van der Waals surface area contributed by atoms with E-state index < -0.39 is 5.97 Å². The fourth-order valence-corrected chi connectivity index (χ4v) is 1.59. The van der Waals surface area contributed by atoms with Gasteiger partial charge in [-0.15, -0.1) is 0 Å². The van der Waals surface area contributed by atoms with Gasteiger partial charge in [-0.1, -0.05) is 30.3 Å². The summed E-state index contributed by atoms with van der Waals surface area (Å²) in [6.07, 6.45) is 3.05. The van der Waals surface area contributed by atoms with Crippen molar-refractivity contribution in [2.75, 3.05) is 12.8 Å². The van der Waals surface area contributed by atoms with Gasteiger partial charge in [-0.05, 0) is 5.56 Å². The molecule has 1 aromatic carbocycles. The second-order valence-corrected chi connectivity index (χ2v) is 3.51. The smallest absolute Gasteiger partial charge is 0.341 e. The van der Waals surface area contributed by atoms with Crippen molar-refractivity contribution in [2.45, 2.75) is 0 Å². The van der Waals surface area contributed by atoms with Gasteiger partial charge in [0.15, 0.2) is 0 Å². The molecule has 0 aliphatic heterocycles. The van der Waals surface area contributed by atoms with Gasteiger partial charge in [-0.2, -0.15) is 0 Å². The average molecular weight is 228 g/mol. The molecule has 0 aliphatic carbocycles. The van der Waals surface area contributed by atoms with E-state index in [-0.39, 0.29) is 5.56 Å². The zero-order valence-electron chi connectivity index (χ0n) is 9.38. The molecule has 0 radical (unpaired) electrons. The Balaban J connectivity index is 2.54. The lowest BCUT2D eigenvalue weighted by Gasteiger charge is -2.08. The summed E-state index contributed by atoms with van der Waals surface area (Å²) in [5.41, 5.74) is 8.27. The quantitative estimate of drug-likeness (QED) is 0.799. The Morgan fingerprint density at radius 2 is 1.94 bits per heavy atom. The largest absolute Gasteiger partial charge is 0.465 e. The number of carbonyl (C=O) groups excluding carboxylic acids is 1. The minimum absolute atomic E-state index is 0.286. The van der Waals surface area contributed by atoms with E-state index in [0.717, 1.165) is 11.1 Å². The van der Waals surface area contributed by atoms with E-state index in [0.29, 0.717) is 5.69 Å². The lowest BCUT2D eigenvalue weighted by Crippen LogP contribution is -2.07. The van der Waals surface area contributed by atoms with Crippen LogP contribution in [-0.2, 0) is 4.74 Å². The fraction of sp³-hybridized carbons (Fsp3) is 0.0769. The van der Waals surface area contributed by atoms with E-state index in [2.05, 4.69) is 9.72 Å². The number of hydrogen-bond donors (Lipinski definition) is 1. The summed E-state index contributed by atoms with van der Waals surface area (Å²) >= 11 is 0. The predicted octanol–water partition coefficient (Wildman–Crippen LogP) is 2.12. The molecule has 1 heterocycles. The Kier molecular flexibility index (Phi) is 3.05. The van der Waals surface area contributed by atoms with E-state index in [1.807, 2.05) is 30.3 Å². The zero-order valence-corrected chi connectivity index (χ0v) is 9.38. The van der Waals surface area contributed by atoms with Crippen molar-refractivity contribution in [2.24, 2.45) is 0 Å². The van der Waals surface area contributed by atoms with Crippen LogP contribution in [0.1, 0.15) is 10.4 Å². The highest BCUT2D eigenvalue weighted by molar-refractivity contribution is 5.98. The van der Waals surface area contributed by atoms with E-state index in [1.54, 1.807) is 6.20 Å². The normalized spacial score (nSPS) is 9.94. The molecule has 4 nitrogen and oxygen atoms in total. The van der Waals surface area contributed by atoms with Gasteiger partial charge in [-0.3, -0.25) is 4.98 Å². The molecule has 0 aliphatic rings. The van der Waals surface area contributed by atoms with Crippen LogP contribution in [0.15, 0.2) is 42.7 Å². The number of methoxy groups -OCH3 is 1. The summed E-state index contributed by atoms with van der Waals surface area (Å²) in [6, 6.07) is 9.54. The van der Waals surface area contributed by atoms with Gasteiger partial charge in [0.25, 0.3) is 0 Å². The van der Waals surface area contributed by atoms with Crippen molar-refractivity contribution >= 4 is 11.7 Å². The van der Waals surface area contributed by atoms with E-state index in [4.69, 9.17) is 5.73 Å². The minimum Gasteiger partial charge on any atom is -0.465 e. The third kappa shape index (κ3) is 2.10. The number of aromatic nitrogens is 1. The summed E-state index contributed by atoms with van der Waals surface area (Å²) < 4.78 is 4.65. The summed E-state index contributed by atoms with van der Waals surface area (Å²) in [5.74, 6) is -0.479. The van der Waals surface area contributed by atoms with Crippen molar-refractivity contribution in [3.05, 3.63) is 48.3 Å². The van der Waals surface area contributed by atoms with Gasteiger partial charge in [-0.25, -0.2) is 4.79 Å². The first-order valence-electron chi connectivity index (χ1n) is 5.11. The number of anilines is 1. The number of benzene rings is 1. The van der Waals surface area contributed by atoms with Crippen molar-refractivity contribution in [3.63, 3.8) is 0 Å². The third-order valence-electron chi connectivity index (χ3n) is 2.48. The molecule has 0 bridgehead atoms.